The van der Waals surface area contributed by atoms with Gasteiger partial charge >= 0.3 is 13.7 Å². The smallest absolute Gasteiger partial charge is 0.408 e. The van der Waals surface area contributed by atoms with Gasteiger partial charge < -0.3 is 28.6 Å². The lowest BCUT2D eigenvalue weighted by Crippen LogP contribution is -2.30. The van der Waals surface area contributed by atoms with E-state index in [1.54, 1.807) is 32.0 Å². The largest absolute Gasteiger partial charge is 0.454 e. The van der Waals surface area contributed by atoms with Gasteiger partial charge in [-0.05, 0) is 37.1 Å². The third kappa shape index (κ3) is 5.29. The van der Waals surface area contributed by atoms with Gasteiger partial charge in [-0.25, -0.2) is 4.79 Å². The second-order valence-electron chi connectivity index (χ2n) is 6.10. The zero-order chi connectivity index (χ0) is 20.7. The summed E-state index contributed by atoms with van der Waals surface area (Å²) < 4.78 is 40.4. The Labute approximate surface area is 169 Å². The van der Waals surface area contributed by atoms with Gasteiger partial charge in [-0.15, -0.1) is 0 Å². The standard InChI is InChI=1S/C20H24NO7P/c1-3-27-29(23,28-4-2)19(16-10-11-17-18(12-16)26-14-25-17)21-20(22)24-13-15-8-6-5-7-9-15/h5-12,19H,3-4,13-14H2,1-2H3,(H,21,22). The zero-order valence-corrected chi connectivity index (χ0v) is 17.2. The van der Waals surface area contributed by atoms with Gasteiger partial charge in [0.25, 0.3) is 0 Å². The van der Waals surface area contributed by atoms with E-state index < -0.39 is 19.5 Å². The predicted octanol–water partition coefficient (Wildman–Crippen LogP) is 4.61. The van der Waals surface area contributed by atoms with Crippen LogP contribution in [0.1, 0.15) is 30.8 Å². The summed E-state index contributed by atoms with van der Waals surface area (Å²) in [5.74, 6) is -0.00604. The molecule has 29 heavy (non-hydrogen) atoms. The molecule has 0 bridgehead atoms. The Morgan fingerprint density at radius 3 is 2.45 bits per heavy atom. The van der Waals surface area contributed by atoms with E-state index in [0.717, 1.165) is 5.56 Å². The van der Waals surface area contributed by atoms with Crippen LogP contribution in [0.15, 0.2) is 48.5 Å². The van der Waals surface area contributed by atoms with E-state index in [2.05, 4.69) is 5.32 Å². The molecular weight excluding hydrogens is 397 g/mol. The van der Waals surface area contributed by atoms with E-state index in [1.165, 1.54) is 0 Å². The zero-order valence-electron chi connectivity index (χ0n) is 16.3. The minimum Gasteiger partial charge on any atom is -0.454 e. The highest BCUT2D eigenvalue weighted by Gasteiger charge is 2.39. The van der Waals surface area contributed by atoms with Crippen LogP contribution in [-0.2, 0) is 25.0 Å². The van der Waals surface area contributed by atoms with E-state index in [1.807, 2.05) is 30.3 Å². The summed E-state index contributed by atoms with van der Waals surface area (Å²) in [7, 11) is -3.73. The number of carbonyl (C=O) groups is 1. The molecule has 1 aliphatic rings. The van der Waals surface area contributed by atoms with Crippen molar-refractivity contribution in [3.63, 3.8) is 0 Å². The highest BCUT2D eigenvalue weighted by Crippen LogP contribution is 2.60. The fraction of sp³-hybridized carbons (Fsp3) is 0.350. The SMILES string of the molecule is CCOP(=O)(OCC)C(NC(=O)OCc1ccccc1)c1ccc2c(c1)OCO2. The second-order valence-corrected chi connectivity index (χ2v) is 8.21. The van der Waals surface area contributed by atoms with Crippen LogP contribution >= 0.6 is 7.60 Å². The fourth-order valence-electron chi connectivity index (χ4n) is 2.85. The molecule has 1 heterocycles. The maximum atomic E-state index is 13.4. The number of ether oxygens (including phenoxy) is 3. The first kappa shape index (κ1) is 21.2. The van der Waals surface area contributed by atoms with Gasteiger partial charge in [-0.1, -0.05) is 36.4 Å². The molecule has 0 fully saturated rings. The van der Waals surface area contributed by atoms with Gasteiger partial charge in [0.15, 0.2) is 17.3 Å². The van der Waals surface area contributed by atoms with Crippen LogP contribution in [0.25, 0.3) is 0 Å². The third-order valence-electron chi connectivity index (χ3n) is 4.11. The van der Waals surface area contributed by atoms with Crippen LogP contribution in [0.4, 0.5) is 4.79 Å². The monoisotopic (exact) mass is 421 g/mol. The first-order valence-electron chi connectivity index (χ1n) is 9.31. The van der Waals surface area contributed by atoms with Crippen LogP contribution in [0.3, 0.4) is 0 Å². The molecule has 3 rings (SSSR count). The topological polar surface area (TPSA) is 92.3 Å². The summed E-state index contributed by atoms with van der Waals surface area (Å²) in [6.07, 6.45) is -0.740. The summed E-state index contributed by atoms with van der Waals surface area (Å²) in [5, 5.41) is 2.63. The van der Waals surface area contributed by atoms with Crippen molar-refractivity contribution in [3.05, 3.63) is 59.7 Å². The Hall–Kier alpha value is -2.54. The van der Waals surface area contributed by atoms with Gasteiger partial charge in [0.05, 0.1) is 13.2 Å². The molecule has 1 atom stereocenters. The first-order chi connectivity index (χ1) is 14.1. The lowest BCUT2D eigenvalue weighted by molar-refractivity contribution is 0.134. The Balaban J connectivity index is 1.82. The Morgan fingerprint density at radius 1 is 1.07 bits per heavy atom. The molecule has 0 aromatic heterocycles. The number of fused-ring (bicyclic) bond motifs is 1. The lowest BCUT2D eigenvalue weighted by atomic mass is 10.2. The predicted molar refractivity (Wildman–Crippen MR) is 106 cm³/mol. The molecule has 2 aromatic rings. The highest BCUT2D eigenvalue weighted by atomic mass is 31.2. The molecule has 1 unspecified atom stereocenters. The molecule has 1 amide bonds. The van der Waals surface area contributed by atoms with Crippen molar-refractivity contribution in [2.24, 2.45) is 0 Å². The number of hydrogen-bond acceptors (Lipinski definition) is 7. The summed E-state index contributed by atoms with van der Waals surface area (Å²) in [6, 6.07) is 14.3. The fourth-order valence-corrected chi connectivity index (χ4v) is 4.73. The molecule has 0 spiro atoms. The van der Waals surface area contributed by atoms with Crippen LogP contribution < -0.4 is 14.8 Å². The van der Waals surface area contributed by atoms with E-state index in [-0.39, 0.29) is 26.6 Å². The number of benzene rings is 2. The molecule has 156 valence electrons. The molecule has 9 heteroatoms. The van der Waals surface area contributed by atoms with Crippen molar-refractivity contribution in [1.29, 1.82) is 0 Å². The summed E-state index contributed by atoms with van der Waals surface area (Å²) in [6.45, 7) is 3.89. The highest BCUT2D eigenvalue weighted by molar-refractivity contribution is 7.54. The molecule has 2 aromatic carbocycles. The number of hydrogen-bond donors (Lipinski definition) is 1. The number of carbonyl (C=O) groups excluding carboxylic acids is 1. The van der Waals surface area contributed by atoms with Crippen LogP contribution in [0.2, 0.25) is 0 Å². The van der Waals surface area contributed by atoms with Gasteiger partial charge in [0.1, 0.15) is 6.61 Å². The van der Waals surface area contributed by atoms with Gasteiger partial charge in [0, 0.05) is 0 Å². The maximum absolute atomic E-state index is 13.4. The van der Waals surface area contributed by atoms with E-state index in [0.29, 0.717) is 17.1 Å². The van der Waals surface area contributed by atoms with E-state index >= 15 is 0 Å². The molecular formula is C20H24NO7P. The van der Waals surface area contributed by atoms with Crippen LogP contribution in [-0.4, -0.2) is 26.1 Å². The normalized spacial score (nSPS) is 13.7. The number of amides is 1. The van der Waals surface area contributed by atoms with Crippen LogP contribution in [0.5, 0.6) is 11.5 Å². The van der Waals surface area contributed by atoms with Crippen LogP contribution in [0, 0.1) is 0 Å². The molecule has 8 nitrogen and oxygen atoms in total. The van der Waals surface area contributed by atoms with Gasteiger partial charge in [-0.2, -0.15) is 0 Å². The minimum absolute atomic E-state index is 0.0775. The molecule has 0 saturated carbocycles. The van der Waals surface area contributed by atoms with Crippen molar-refractivity contribution in [2.75, 3.05) is 20.0 Å². The van der Waals surface area contributed by atoms with Crippen molar-refractivity contribution < 1.29 is 32.6 Å². The Bertz CT molecular complexity index is 864. The molecule has 1 aliphatic heterocycles. The summed E-state index contributed by atoms with van der Waals surface area (Å²) in [4.78, 5) is 12.5. The minimum atomic E-state index is -3.73. The lowest BCUT2D eigenvalue weighted by Gasteiger charge is -2.27. The van der Waals surface area contributed by atoms with Crippen molar-refractivity contribution in [3.8, 4) is 11.5 Å². The summed E-state index contributed by atoms with van der Waals surface area (Å²) >= 11 is 0. The van der Waals surface area contributed by atoms with Crippen molar-refractivity contribution >= 4 is 13.7 Å². The molecule has 0 radical (unpaired) electrons. The number of alkyl carbamates (subject to hydrolysis) is 1. The van der Waals surface area contributed by atoms with E-state index in [9.17, 15) is 9.36 Å². The average Bonchev–Trinajstić information content (AvgIpc) is 3.19. The van der Waals surface area contributed by atoms with Crippen molar-refractivity contribution in [1.82, 2.24) is 5.32 Å². The average molecular weight is 421 g/mol. The summed E-state index contributed by atoms with van der Waals surface area (Å²) in [5.41, 5.74) is 1.33. The second kappa shape index (κ2) is 9.78. The van der Waals surface area contributed by atoms with Gasteiger partial charge in [-0.3, -0.25) is 4.57 Å². The van der Waals surface area contributed by atoms with Crippen molar-refractivity contribution in [2.45, 2.75) is 26.2 Å². The number of rotatable bonds is 9. The Morgan fingerprint density at radius 2 is 1.76 bits per heavy atom. The molecule has 0 saturated heterocycles. The number of nitrogens with one attached hydrogen (secondary N) is 1. The first-order valence-corrected chi connectivity index (χ1v) is 10.9. The molecule has 1 N–H and O–H groups in total. The maximum Gasteiger partial charge on any atom is 0.408 e. The quantitative estimate of drug-likeness (QED) is 0.591. The van der Waals surface area contributed by atoms with E-state index in [4.69, 9.17) is 23.3 Å². The Kier molecular flexibility index (Phi) is 7.14. The molecule has 0 aliphatic carbocycles. The third-order valence-corrected chi connectivity index (χ3v) is 6.41. The van der Waals surface area contributed by atoms with Gasteiger partial charge in [0.2, 0.25) is 6.79 Å².